The molecule has 7 heteroatoms. The molecule has 0 amide bonds. The van der Waals surface area contributed by atoms with Crippen LogP contribution in [0.15, 0.2) is 45.6 Å². The molecular formula is C13H9N3O3S. The van der Waals surface area contributed by atoms with Gasteiger partial charge in [-0.2, -0.15) is 5.10 Å². The van der Waals surface area contributed by atoms with Crippen molar-refractivity contribution in [2.45, 2.75) is 6.61 Å². The Morgan fingerprint density at radius 2 is 1.90 bits per heavy atom. The minimum absolute atomic E-state index is 0.168. The van der Waals surface area contributed by atoms with Crippen molar-refractivity contribution in [2.75, 3.05) is 0 Å². The van der Waals surface area contributed by atoms with E-state index < -0.39 is 0 Å². The molecular weight excluding hydrogens is 278 g/mol. The molecule has 1 N–H and O–H groups in total. The standard InChI is InChI=1S/C13H9N3O3S/c17-7-8-11(9-3-1-5-18-9)14-13-16(8)15-12(20-13)10-4-2-6-19-10/h1-6,17H,7H2. The van der Waals surface area contributed by atoms with Crippen molar-refractivity contribution in [1.82, 2.24) is 14.6 Å². The topological polar surface area (TPSA) is 76.7 Å². The fraction of sp³-hybridized carbons (Fsp3) is 0.0769. The third-order valence-corrected chi connectivity index (χ3v) is 3.86. The first-order chi connectivity index (χ1) is 9.86. The molecule has 0 aliphatic heterocycles. The fourth-order valence-corrected chi connectivity index (χ4v) is 2.93. The van der Waals surface area contributed by atoms with E-state index in [0.29, 0.717) is 27.9 Å². The van der Waals surface area contributed by atoms with Crippen molar-refractivity contribution in [3.63, 3.8) is 0 Å². The second kappa shape index (κ2) is 4.32. The lowest BCUT2D eigenvalue weighted by Crippen LogP contribution is -1.95. The molecule has 0 fully saturated rings. The van der Waals surface area contributed by atoms with Crippen LogP contribution in [-0.2, 0) is 6.61 Å². The van der Waals surface area contributed by atoms with Crippen LogP contribution in [0.5, 0.6) is 0 Å². The summed E-state index contributed by atoms with van der Waals surface area (Å²) in [7, 11) is 0. The quantitative estimate of drug-likeness (QED) is 0.627. The van der Waals surface area contributed by atoms with Crippen LogP contribution in [-0.4, -0.2) is 19.7 Å². The lowest BCUT2D eigenvalue weighted by molar-refractivity contribution is 0.274. The molecule has 0 aliphatic rings. The van der Waals surface area contributed by atoms with E-state index >= 15 is 0 Å². The molecule has 0 aliphatic carbocycles. The second-order valence-corrected chi connectivity index (χ2v) is 5.08. The van der Waals surface area contributed by atoms with E-state index in [4.69, 9.17) is 8.83 Å². The average molecular weight is 287 g/mol. The molecule has 0 atom stereocenters. The van der Waals surface area contributed by atoms with Gasteiger partial charge in [-0.3, -0.25) is 0 Å². The van der Waals surface area contributed by atoms with Gasteiger partial charge in [0.2, 0.25) is 4.96 Å². The first-order valence-corrected chi connectivity index (χ1v) is 6.75. The third kappa shape index (κ3) is 1.60. The van der Waals surface area contributed by atoms with Crippen molar-refractivity contribution >= 4 is 16.3 Å². The van der Waals surface area contributed by atoms with Crippen LogP contribution < -0.4 is 0 Å². The Hall–Kier alpha value is -2.38. The smallest absolute Gasteiger partial charge is 0.213 e. The molecule has 0 unspecified atom stereocenters. The highest BCUT2D eigenvalue weighted by Crippen LogP contribution is 2.31. The zero-order valence-electron chi connectivity index (χ0n) is 10.2. The number of aliphatic hydroxyl groups is 1. The predicted molar refractivity (Wildman–Crippen MR) is 72.2 cm³/mol. The van der Waals surface area contributed by atoms with Gasteiger partial charge in [0.05, 0.1) is 19.1 Å². The molecule has 20 heavy (non-hydrogen) atoms. The van der Waals surface area contributed by atoms with Gasteiger partial charge in [-0.15, -0.1) is 0 Å². The van der Waals surface area contributed by atoms with E-state index in [1.54, 1.807) is 35.2 Å². The normalized spacial score (nSPS) is 11.4. The number of fused-ring (bicyclic) bond motifs is 1. The number of aromatic nitrogens is 3. The van der Waals surface area contributed by atoms with Crippen LogP contribution in [0.25, 0.3) is 27.2 Å². The molecule has 0 bridgehead atoms. The van der Waals surface area contributed by atoms with E-state index in [1.165, 1.54) is 11.3 Å². The van der Waals surface area contributed by atoms with Crippen molar-refractivity contribution in [1.29, 1.82) is 0 Å². The second-order valence-electron chi connectivity index (χ2n) is 4.12. The van der Waals surface area contributed by atoms with Crippen molar-refractivity contribution < 1.29 is 13.9 Å². The highest BCUT2D eigenvalue weighted by atomic mass is 32.1. The molecule has 4 aromatic rings. The van der Waals surface area contributed by atoms with E-state index in [1.807, 2.05) is 6.07 Å². The summed E-state index contributed by atoms with van der Waals surface area (Å²) in [5.74, 6) is 1.30. The fourth-order valence-electron chi connectivity index (χ4n) is 2.04. The molecule has 100 valence electrons. The number of furan rings is 2. The van der Waals surface area contributed by atoms with E-state index in [9.17, 15) is 5.11 Å². The van der Waals surface area contributed by atoms with Crippen LogP contribution in [0.1, 0.15) is 5.69 Å². The largest absolute Gasteiger partial charge is 0.463 e. The monoisotopic (exact) mass is 287 g/mol. The number of nitrogens with zero attached hydrogens (tertiary/aromatic N) is 3. The predicted octanol–water partition coefficient (Wildman–Crippen LogP) is 2.80. The summed E-state index contributed by atoms with van der Waals surface area (Å²) in [5.41, 5.74) is 1.21. The molecule has 0 aromatic carbocycles. The maximum Gasteiger partial charge on any atom is 0.213 e. The lowest BCUT2D eigenvalue weighted by Gasteiger charge is -1.96. The summed E-state index contributed by atoms with van der Waals surface area (Å²) in [4.78, 5) is 5.17. The maximum absolute atomic E-state index is 9.58. The highest BCUT2D eigenvalue weighted by molar-refractivity contribution is 7.19. The van der Waals surface area contributed by atoms with Gasteiger partial charge in [-0.25, -0.2) is 9.50 Å². The van der Waals surface area contributed by atoms with E-state index in [0.717, 1.165) is 5.01 Å². The number of hydrogen-bond acceptors (Lipinski definition) is 6. The Morgan fingerprint density at radius 1 is 1.15 bits per heavy atom. The number of imidazole rings is 1. The van der Waals surface area contributed by atoms with Gasteiger partial charge in [0.25, 0.3) is 0 Å². The zero-order chi connectivity index (χ0) is 13.5. The summed E-state index contributed by atoms with van der Waals surface area (Å²) in [6.45, 7) is -0.168. The molecule has 6 nitrogen and oxygen atoms in total. The van der Waals surface area contributed by atoms with Crippen molar-refractivity contribution in [3.05, 3.63) is 42.5 Å². The summed E-state index contributed by atoms with van der Waals surface area (Å²) in [5, 5.41) is 14.7. The van der Waals surface area contributed by atoms with Crippen molar-refractivity contribution in [2.24, 2.45) is 0 Å². The van der Waals surface area contributed by atoms with Gasteiger partial charge in [0.1, 0.15) is 11.4 Å². The Labute approximate surface area is 116 Å². The van der Waals surface area contributed by atoms with Crippen LogP contribution >= 0.6 is 11.3 Å². The number of aliphatic hydroxyl groups excluding tert-OH is 1. The molecule has 0 saturated heterocycles. The molecule has 4 heterocycles. The molecule has 4 rings (SSSR count). The maximum atomic E-state index is 9.58. The SMILES string of the molecule is OCc1c(-c2ccco2)nc2sc(-c3ccco3)nn12. The molecule has 0 radical (unpaired) electrons. The van der Waals surface area contributed by atoms with Crippen LogP contribution in [0, 0.1) is 0 Å². The summed E-state index contributed by atoms with van der Waals surface area (Å²) in [6, 6.07) is 7.23. The van der Waals surface area contributed by atoms with E-state index in [-0.39, 0.29) is 6.61 Å². The van der Waals surface area contributed by atoms with Crippen molar-refractivity contribution in [3.8, 4) is 22.2 Å². The summed E-state index contributed by atoms with van der Waals surface area (Å²) >= 11 is 1.40. The van der Waals surface area contributed by atoms with E-state index in [2.05, 4.69) is 10.1 Å². The van der Waals surface area contributed by atoms with Gasteiger partial charge in [0.15, 0.2) is 16.5 Å². The van der Waals surface area contributed by atoms with Gasteiger partial charge >= 0.3 is 0 Å². The Morgan fingerprint density at radius 3 is 2.55 bits per heavy atom. The van der Waals surface area contributed by atoms with Gasteiger partial charge in [-0.1, -0.05) is 11.3 Å². The van der Waals surface area contributed by atoms with Gasteiger partial charge in [-0.05, 0) is 24.3 Å². The first kappa shape index (κ1) is 11.4. The lowest BCUT2D eigenvalue weighted by atomic mass is 10.3. The number of rotatable bonds is 3. The zero-order valence-corrected chi connectivity index (χ0v) is 11.0. The van der Waals surface area contributed by atoms with Crippen LogP contribution in [0.2, 0.25) is 0 Å². The molecule has 4 aromatic heterocycles. The van der Waals surface area contributed by atoms with Crippen LogP contribution in [0.3, 0.4) is 0 Å². The minimum Gasteiger partial charge on any atom is -0.463 e. The molecule has 0 saturated carbocycles. The Kier molecular flexibility index (Phi) is 2.48. The first-order valence-electron chi connectivity index (χ1n) is 5.94. The van der Waals surface area contributed by atoms with Gasteiger partial charge < -0.3 is 13.9 Å². The number of hydrogen-bond donors (Lipinski definition) is 1. The average Bonchev–Trinajstić information content (AvgIpc) is 3.21. The minimum atomic E-state index is -0.168. The summed E-state index contributed by atoms with van der Waals surface area (Å²) in [6.07, 6.45) is 3.17. The van der Waals surface area contributed by atoms with Crippen LogP contribution in [0.4, 0.5) is 0 Å². The Balaban J connectivity index is 1.91. The highest BCUT2D eigenvalue weighted by Gasteiger charge is 2.20. The Bertz CT molecular complexity index is 843. The molecule has 0 spiro atoms. The van der Waals surface area contributed by atoms with Gasteiger partial charge in [0, 0.05) is 0 Å². The third-order valence-electron chi connectivity index (χ3n) is 2.93. The summed E-state index contributed by atoms with van der Waals surface area (Å²) < 4.78 is 12.3.